The van der Waals surface area contributed by atoms with E-state index in [1.165, 1.54) is 57.2 Å². The Morgan fingerprint density at radius 1 is 1.00 bits per heavy atom. The Labute approximate surface area is 203 Å². The summed E-state index contributed by atoms with van der Waals surface area (Å²) in [6, 6.07) is 9.55. The summed E-state index contributed by atoms with van der Waals surface area (Å²) >= 11 is 0. The molecule has 0 bridgehead atoms. The molecule has 1 heterocycles. The minimum atomic E-state index is 0.0450. The fourth-order valence-electron chi connectivity index (χ4n) is 5.89. The maximum Gasteiger partial charge on any atom is 0.193 e. The van der Waals surface area contributed by atoms with Gasteiger partial charge in [0.1, 0.15) is 5.75 Å². The minimum absolute atomic E-state index is 0.0450. The third kappa shape index (κ3) is 5.29. The zero-order valence-corrected chi connectivity index (χ0v) is 20.2. The van der Waals surface area contributed by atoms with Gasteiger partial charge in [0.25, 0.3) is 0 Å². The number of carbonyl (C=O) groups excluding carboxylic acids is 1. The quantitative estimate of drug-likeness (QED) is 0.478. The van der Waals surface area contributed by atoms with Crippen molar-refractivity contribution in [1.29, 1.82) is 0 Å². The second-order valence-electron chi connectivity index (χ2n) is 10.2. The molecule has 4 heteroatoms. The normalized spacial score (nSPS) is 22.1. The molecule has 3 aliphatic rings. The number of rotatable bonds is 7. The summed E-state index contributed by atoms with van der Waals surface area (Å²) in [5.41, 5.74) is 2.76. The van der Waals surface area contributed by atoms with Crippen molar-refractivity contribution in [3.8, 4) is 5.75 Å². The number of Topliss-reactive ketones (excluding diaryl/α,β-unsaturated/α-hetero) is 1. The Hall–Kier alpha value is -2.43. The molecule has 1 N–H and O–H groups in total. The average Bonchev–Trinajstić information content (AvgIpc) is 2.89. The van der Waals surface area contributed by atoms with Crippen LogP contribution in [0.15, 0.2) is 54.1 Å². The number of carbonyl (C=O) groups is 1. The summed E-state index contributed by atoms with van der Waals surface area (Å²) in [6.07, 6.45) is 16.8. The first-order valence-electron chi connectivity index (χ1n) is 13.2. The van der Waals surface area contributed by atoms with Crippen LogP contribution in [-0.2, 0) is 4.74 Å². The lowest BCUT2D eigenvalue weighted by Crippen LogP contribution is -2.33. The van der Waals surface area contributed by atoms with Gasteiger partial charge in [0.05, 0.1) is 12.7 Å². The number of likely N-dealkylation sites (tertiary alicyclic amines) is 1. The maximum absolute atomic E-state index is 13.9. The van der Waals surface area contributed by atoms with Crippen LogP contribution in [0.1, 0.15) is 79.6 Å². The molecule has 2 aromatic rings. The first-order chi connectivity index (χ1) is 16.7. The Morgan fingerprint density at radius 2 is 1.79 bits per heavy atom. The Bertz CT molecular complexity index is 1070. The highest BCUT2D eigenvalue weighted by Gasteiger charge is 2.26. The van der Waals surface area contributed by atoms with Crippen LogP contribution in [0.25, 0.3) is 10.8 Å². The van der Waals surface area contributed by atoms with Gasteiger partial charge in [-0.3, -0.25) is 4.79 Å². The number of phenolic OH excluding ortho intramolecular Hbond substituents is 1. The van der Waals surface area contributed by atoms with E-state index in [0.717, 1.165) is 54.3 Å². The van der Waals surface area contributed by atoms with E-state index in [9.17, 15) is 9.90 Å². The molecule has 2 aromatic carbocycles. The molecular weight excluding hydrogens is 422 g/mol. The number of aromatic hydroxyl groups is 1. The summed E-state index contributed by atoms with van der Waals surface area (Å²) in [7, 11) is 0. The topological polar surface area (TPSA) is 49.8 Å². The van der Waals surface area contributed by atoms with E-state index in [1.807, 2.05) is 12.1 Å². The number of allylic oxidation sites excluding steroid dienone is 2. The van der Waals surface area contributed by atoms with Crippen molar-refractivity contribution in [3.05, 3.63) is 65.3 Å². The highest BCUT2D eigenvalue weighted by molar-refractivity contribution is 6.18. The first kappa shape index (κ1) is 23.3. The van der Waals surface area contributed by atoms with E-state index in [2.05, 4.69) is 29.2 Å². The highest BCUT2D eigenvalue weighted by Crippen LogP contribution is 2.39. The zero-order chi connectivity index (χ0) is 23.3. The second kappa shape index (κ2) is 10.9. The molecule has 4 nitrogen and oxygen atoms in total. The van der Waals surface area contributed by atoms with Crippen LogP contribution < -0.4 is 0 Å². The molecule has 0 spiro atoms. The van der Waals surface area contributed by atoms with Gasteiger partial charge in [0, 0.05) is 17.7 Å². The fourth-order valence-corrected chi connectivity index (χ4v) is 5.89. The number of hydrogen-bond donors (Lipinski definition) is 1. The van der Waals surface area contributed by atoms with Crippen LogP contribution >= 0.6 is 0 Å². The number of phenols is 1. The van der Waals surface area contributed by atoms with Gasteiger partial charge in [0.2, 0.25) is 0 Å². The Morgan fingerprint density at radius 3 is 2.56 bits per heavy atom. The van der Waals surface area contributed by atoms with Gasteiger partial charge in [-0.2, -0.15) is 0 Å². The van der Waals surface area contributed by atoms with Crippen molar-refractivity contribution < 1.29 is 14.6 Å². The number of ketones is 1. The molecular formula is C30H37NO3. The van der Waals surface area contributed by atoms with Crippen molar-refractivity contribution in [2.45, 2.75) is 69.8 Å². The summed E-state index contributed by atoms with van der Waals surface area (Å²) in [5.74, 6) is 0.766. The van der Waals surface area contributed by atoms with E-state index in [4.69, 9.17) is 4.74 Å². The first-order valence-corrected chi connectivity index (χ1v) is 13.2. The molecule has 2 fully saturated rings. The molecule has 1 unspecified atom stereocenters. The number of benzene rings is 2. The standard InChI is InChI=1S/C30H37NO3/c32-25-12-16-28-24(21-25)11-15-27(22-7-3-1-4-8-22)29(28)30(33)23-9-13-26(14-10-23)34-20-19-31-17-5-2-6-18-31/h9-13,15-16,21-22,26,32H,1-8,14,17-20H2. The predicted molar refractivity (Wildman–Crippen MR) is 138 cm³/mol. The minimum Gasteiger partial charge on any atom is -0.508 e. The number of nitrogens with zero attached hydrogens (tertiary/aromatic N) is 1. The summed E-state index contributed by atoms with van der Waals surface area (Å²) in [5, 5.41) is 11.8. The van der Waals surface area contributed by atoms with Crippen LogP contribution in [0.3, 0.4) is 0 Å². The highest BCUT2D eigenvalue weighted by atomic mass is 16.5. The molecule has 0 aromatic heterocycles. The van der Waals surface area contributed by atoms with Crippen molar-refractivity contribution in [2.24, 2.45) is 0 Å². The summed E-state index contributed by atoms with van der Waals surface area (Å²) in [4.78, 5) is 16.4. The predicted octanol–water partition coefficient (Wildman–Crippen LogP) is 6.53. The van der Waals surface area contributed by atoms with Crippen molar-refractivity contribution >= 4 is 16.6 Å². The lowest BCUT2D eigenvalue weighted by molar-refractivity contribution is 0.0609. The van der Waals surface area contributed by atoms with E-state index in [1.54, 1.807) is 12.1 Å². The Balaban J connectivity index is 1.32. The van der Waals surface area contributed by atoms with Gasteiger partial charge in [-0.25, -0.2) is 0 Å². The van der Waals surface area contributed by atoms with Crippen molar-refractivity contribution in [1.82, 2.24) is 4.90 Å². The van der Waals surface area contributed by atoms with Crippen LogP contribution in [0.4, 0.5) is 0 Å². The molecule has 0 amide bonds. The molecule has 1 saturated heterocycles. The second-order valence-corrected chi connectivity index (χ2v) is 10.2. The summed E-state index contributed by atoms with van der Waals surface area (Å²) in [6.45, 7) is 4.11. The Kier molecular flexibility index (Phi) is 7.46. The van der Waals surface area contributed by atoms with Crippen LogP contribution in [0.5, 0.6) is 5.75 Å². The number of fused-ring (bicyclic) bond motifs is 1. The summed E-state index contributed by atoms with van der Waals surface area (Å²) < 4.78 is 6.11. The van der Waals surface area contributed by atoms with Gasteiger partial charge in [0.15, 0.2) is 5.78 Å². The molecule has 34 heavy (non-hydrogen) atoms. The molecule has 1 atom stereocenters. The zero-order valence-electron chi connectivity index (χ0n) is 20.2. The molecule has 1 aliphatic heterocycles. The van der Waals surface area contributed by atoms with E-state index >= 15 is 0 Å². The van der Waals surface area contributed by atoms with Gasteiger partial charge in [-0.15, -0.1) is 0 Å². The van der Waals surface area contributed by atoms with Crippen molar-refractivity contribution in [2.75, 3.05) is 26.2 Å². The van der Waals surface area contributed by atoms with Crippen LogP contribution in [0.2, 0.25) is 0 Å². The monoisotopic (exact) mass is 459 g/mol. The third-order valence-corrected chi connectivity index (χ3v) is 7.82. The lowest BCUT2D eigenvalue weighted by atomic mass is 9.79. The van der Waals surface area contributed by atoms with E-state index in [-0.39, 0.29) is 17.6 Å². The smallest absolute Gasteiger partial charge is 0.193 e. The molecule has 180 valence electrons. The molecule has 5 rings (SSSR count). The van der Waals surface area contributed by atoms with Crippen molar-refractivity contribution in [3.63, 3.8) is 0 Å². The van der Waals surface area contributed by atoms with Gasteiger partial charge < -0.3 is 14.7 Å². The van der Waals surface area contributed by atoms with Gasteiger partial charge in [-0.05, 0) is 85.6 Å². The number of piperidine rings is 1. The fraction of sp³-hybridized carbons (Fsp3) is 0.500. The van der Waals surface area contributed by atoms with E-state index < -0.39 is 0 Å². The van der Waals surface area contributed by atoms with Crippen LogP contribution in [0, 0.1) is 0 Å². The van der Waals surface area contributed by atoms with E-state index in [0.29, 0.717) is 5.92 Å². The molecule has 1 saturated carbocycles. The van der Waals surface area contributed by atoms with Crippen LogP contribution in [-0.4, -0.2) is 48.1 Å². The third-order valence-electron chi connectivity index (χ3n) is 7.82. The molecule has 2 aliphatic carbocycles. The SMILES string of the molecule is O=C(C1=CCC(OCCN2CCCCC2)C=C1)c1c(C2CCCCC2)ccc2cc(O)ccc12. The maximum atomic E-state index is 13.9. The van der Waals surface area contributed by atoms with Gasteiger partial charge >= 0.3 is 0 Å². The molecule has 0 radical (unpaired) electrons. The number of hydrogen-bond acceptors (Lipinski definition) is 4. The lowest BCUT2D eigenvalue weighted by Gasteiger charge is -2.27. The van der Waals surface area contributed by atoms with Gasteiger partial charge in [-0.1, -0.05) is 56.0 Å². The largest absolute Gasteiger partial charge is 0.508 e. The number of ether oxygens (including phenoxy) is 1. The average molecular weight is 460 g/mol.